The van der Waals surface area contributed by atoms with Crippen molar-refractivity contribution in [2.75, 3.05) is 19.0 Å². The number of ether oxygens (including phenoxy) is 1. The number of benzene rings is 1. The summed E-state index contributed by atoms with van der Waals surface area (Å²) in [7, 11) is 1.45. The third-order valence-electron chi connectivity index (χ3n) is 2.08. The smallest absolute Gasteiger partial charge is 0.335 e. The van der Waals surface area contributed by atoms with Gasteiger partial charge in [0.2, 0.25) is 5.91 Å². The van der Waals surface area contributed by atoms with Gasteiger partial charge in [-0.05, 0) is 24.3 Å². The zero-order valence-electron chi connectivity index (χ0n) is 9.34. The van der Waals surface area contributed by atoms with Crippen LogP contribution in [0.1, 0.15) is 10.4 Å². The lowest BCUT2D eigenvalue weighted by Crippen LogP contribution is -2.39. The number of nitrogens with two attached hydrogens (primary N) is 1. The molecule has 0 spiro atoms. The second-order valence-corrected chi connectivity index (χ2v) is 3.43. The van der Waals surface area contributed by atoms with Gasteiger partial charge in [0.05, 0.1) is 12.2 Å². The summed E-state index contributed by atoms with van der Waals surface area (Å²) < 4.78 is 4.75. The predicted octanol–water partition coefficient (Wildman–Crippen LogP) is 0.297. The van der Waals surface area contributed by atoms with Crippen LogP contribution >= 0.6 is 0 Å². The molecule has 6 heteroatoms. The Labute approximate surface area is 98.4 Å². The molecular formula is C11H14N2O4. The van der Waals surface area contributed by atoms with E-state index in [1.807, 2.05) is 0 Å². The van der Waals surface area contributed by atoms with E-state index < -0.39 is 12.0 Å². The molecule has 1 amide bonds. The molecule has 0 radical (unpaired) electrons. The Balaban J connectivity index is 2.63. The fourth-order valence-corrected chi connectivity index (χ4v) is 1.19. The summed E-state index contributed by atoms with van der Waals surface area (Å²) in [6, 6.07) is 5.06. The molecule has 0 aliphatic rings. The Hall–Kier alpha value is -1.92. The van der Waals surface area contributed by atoms with E-state index in [9.17, 15) is 9.59 Å². The number of carboxylic acids is 1. The molecule has 0 aliphatic heterocycles. The molecule has 0 saturated heterocycles. The van der Waals surface area contributed by atoms with Gasteiger partial charge in [-0.2, -0.15) is 0 Å². The normalized spacial score (nSPS) is 11.9. The summed E-state index contributed by atoms with van der Waals surface area (Å²) in [4.78, 5) is 22.1. The monoisotopic (exact) mass is 238 g/mol. The van der Waals surface area contributed by atoms with Gasteiger partial charge in [0, 0.05) is 12.8 Å². The van der Waals surface area contributed by atoms with Crippen molar-refractivity contribution in [1.29, 1.82) is 0 Å². The fourth-order valence-electron chi connectivity index (χ4n) is 1.19. The molecule has 0 aromatic heterocycles. The van der Waals surface area contributed by atoms with E-state index in [2.05, 4.69) is 5.32 Å². The summed E-state index contributed by atoms with van der Waals surface area (Å²) in [5, 5.41) is 11.2. The number of hydrogen-bond donors (Lipinski definition) is 3. The number of aromatic carboxylic acids is 1. The van der Waals surface area contributed by atoms with Crippen molar-refractivity contribution in [3.8, 4) is 0 Å². The van der Waals surface area contributed by atoms with Crippen LogP contribution in [0.5, 0.6) is 0 Å². The van der Waals surface area contributed by atoms with E-state index in [1.165, 1.54) is 31.4 Å². The van der Waals surface area contributed by atoms with Crippen molar-refractivity contribution in [1.82, 2.24) is 0 Å². The van der Waals surface area contributed by atoms with Crippen molar-refractivity contribution >= 4 is 17.6 Å². The second-order valence-electron chi connectivity index (χ2n) is 3.43. The quantitative estimate of drug-likeness (QED) is 0.684. The minimum atomic E-state index is -1.01. The summed E-state index contributed by atoms with van der Waals surface area (Å²) in [5.74, 6) is -1.39. The molecule has 1 rings (SSSR count). The molecule has 92 valence electrons. The van der Waals surface area contributed by atoms with Gasteiger partial charge in [0.1, 0.15) is 6.04 Å². The number of amides is 1. The Morgan fingerprint density at radius 2 is 2.00 bits per heavy atom. The Bertz CT molecular complexity index is 402. The molecule has 0 fully saturated rings. The lowest BCUT2D eigenvalue weighted by molar-refractivity contribution is -0.118. The highest BCUT2D eigenvalue weighted by molar-refractivity contribution is 5.95. The van der Waals surface area contributed by atoms with Crippen molar-refractivity contribution < 1.29 is 19.4 Å². The molecule has 17 heavy (non-hydrogen) atoms. The fraction of sp³-hybridized carbons (Fsp3) is 0.273. The molecular weight excluding hydrogens is 224 g/mol. The summed E-state index contributed by atoms with van der Waals surface area (Å²) in [6.07, 6.45) is 0. The summed E-state index contributed by atoms with van der Waals surface area (Å²) in [6.45, 7) is 0.124. The van der Waals surface area contributed by atoms with Crippen LogP contribution < -0.4 is 11.1 Å². The van der Waals surface area contributed by atoms with Gasteiger partial charge < -0.3 is 20.9 Å². The molecule has 1 atom stereocenters. The molecule has 1 aromatic rings. The van der Waals surface area contributed by atoms with E-state index in [0.717, 1.165) is 0 Å². The van der Waals surface area contributed by atoms with Crippen molar-refractivity contribution in [2.45, 2.75) is 6.04 Å². The predicted molar refractivity (Wildman–Crippen MR) is 61.9 cm³/mol. The zero-order valence-corrected chi connectivity index (χ0v) is 9.34. The lowest BCUT2D eigenvalue weighted by atomic mass is 10.2. The second kappa shape index (κ2) is 5.97. The van der Waals surface area contributed by atoms with Crippen LogP contribution in [0, 0.1) is 0 Å². The largest absolute Gasteiger partial charge is 0.478 e. The maximum absolute atomic E-state index is 11.5. The minimum absolute atomic E-state index is 0.124. The van der Waals surface area contributed by atoms with Crippen LogP contribution in [-0.2, 0) is 9.53 Å². The van der Waals surface area contributed by atoms with Crippen LogP contribution in [-0.4, -0.2) is 36.7 Å². The highest BCUT2D eigenvalue weighted by atomic mass is 16.5. The number of carboxylic acid groups (broad SMARTS) is 1. The van der Waals surface area contributed by atoms with Gasteiger partial charge in [-0.15, -0.1) is 0 Å². The van der Waals surface area contributed by atoms with Crippen LogP contribution in [0.15, 0.2) is 24.3 Å². The highest BCUT2D eigenvalue weighted by Crippen LogP contribution is 2.09. The third-order valence-corrected chi connectivity index (χ3v) is 2.08. The average molecular weight is 238 g/mol. The van der Waals surface area contributed by atoms with Gasteiger partial charge in [-0.1, -0.05) is 0 Å². The first kappa shape index (κ1) is 13.1. The maximum atomic E-state index is 11.5. The number of nitrogens with one attached hydrogen (secondary N) is 1. The SMILES string of the molecule is COCC(N)C(=O)Nc1ccc(C(=O)O)cc1. The third kappa shape index (κ3) is 3.86. The Morgan fingerprint density at radius 3 is 2.47 bits per heavy atom. The number of hydrogen-bond acceptors (Lipinski definition) is 4. The van der Waals surface area contributed by atoms with Crippen LogP contribution in [0.25, 0.3) is 0 Å². The average Bonchev–Trinajstić information content (AvgIpc) is 2.30. The topological polar surface area (TPSA) is 102 Å². The highest BCUT2D eigenvalue weighted by Gasteiger charge is 2.13. The zero-order chi connectivity index (χ0) is 12.8. The first-order valence-electron chi connectivity index (χ1n) is 4.93. The molecule has 6 nitrogen and oxygen atoms in total. The van der Waals surface area contributed by atoms with Crippen molar-refractivity contribution in [3.05, 3.63) is 29.8 Å². The van der Waals surface area contributed by atoms with Crippen molar-refractivity contribution in [3.63, 3.8) is 0 Å². The number of carbonyl (C=O) groups excluding carboxylic acids is 1. The Kier molecular flexibility index (Phi) is 4.62. The van der Waals surface area contributed by atoms with E-state index in [4.69, 9.17) is 15.6 Å². The van der Waals surface area contributed by atoms with Gasteiger partial charge in [-0.25, -0.2) is 4.79 Å². The van der Waals surface area contributed by atoms with Gasteiger partial charge in [0.25, 0.3) is 0 Å². The number of methoxy groups -OCH3 is 1. The standard InChI is InChI=1S/C11H14N2O4/c1-17-6-9(12)10(14)13-8-4-2-7(3-5-8)11(15)16/h2-5,9H,6,12H2,1H3,(H,13,14)(H,15,16). The molecule has 0 aliphatic carbocycles. The van der Waals surface area contributed by atoms with Gasteiger partial charge in [0.15, 0.2) is 0 Å². The molecule has 0 heterocycles. The van der Waals surface area contributed by atoms with Gasteiger partial charge in [-0.3, -0.25) is 4.79 Å². The Morgan fingerprint density at radius 1 is 1.41 bits per heavy atom. The van der Waals surface area contributed by atoms with E-state index in [-0.39, 0.29) is 18.1 Å². The van der Waals surface area contributed by atoms with E-state index in [1.54, 1.807) is 0 Å². The first-order chi connectivity index (χ1) is 8.04. The number of anilines is 1. The van der Waals surface area contributed by atoms with Crippen LogP contribution in [0.2, 0.25) is 0 Å². The number of carbonyl (C=O) groups is 2. The summed E-state index contributed by atoms with van der Waals surface area (Å²) >= 11 is 0. The van der Waals surface area contributed by atoms with Gasteiger partial charge >= 0.3 is 5.97 Å². The van der Waals surface area contributed by atoms with E-state index >= 15 is 0 Å². The van der Waals surface area contributed by atoms with Crippen LogP contribution in [0.4, 0.5) is 5.69 Å². The molecule has 1 aromatic carbocycles. The molecule has 4 N–H and O–H groups in total. The lowest BCUT2D eigenvalue weighted by Gasteiger charge is -2.11. The molecule has 0 bridgehead atoms. The number of rotatable bonds is 5. The molecule has 0 saturated carbocycles. The minimum Gasteiger partial charge on any atom is -0.478 e. The maximum Gasteiger partial charge on any atom is 0.335 e. The van der Waals surface area contributed by atoms with Crippen molar-refractivity contribution in [2.24, 2.45) is 5.73 Å². The first-order valence-corrected chi connectivity index (χ1v) is 4.93. The summed E-state index contributed by atoms with van der Waals surface area (Å²) in [5.41, 5.74) is 6.17. The van der Waals surface area contributed by atoms with E-state index in [0.29, 0.717) is 5.69 Å². The van der Waals surface area contributed by atoms with Crippen LogP contribution in [0.3, 0.4) is 0 Å². The molecule has 1 unspecified atom stereocenters.